The van der Waals surface area contributed by atoms with E-state index in [1.807, 2.05) is 6.92 Å². The van der Waals surface area contributed by atoms with E-state index in [9.17, 15) is 9.90 Å². The Kier molecular flexibility index (Phi) is 2.56. The van der Waals surface area contributed by atoms with Gasteiger partial charge >= 0.3 is 0 Å². The lowest BCUT2D eigenvalue weighted by molar-refractivity contribution is 0.0453. The fourth-order valence-corrected chi connectivity index (χ4v) is 2.02. The maximum absolute atomic E-state index is 12.0. The average Bonchev–Trinajstić information content (AvgIpc) is 2.17. The van der Waals surface area contributed by atoms with Crippen LogP contribution < -0.4 is 5.73 Å². The third kappa shape index (κ3) is 1.99. The molecule has 0 aromatic heterocycles. The van der Waals surface area contributed by atoms with Crippen molar-refractivity contribution in [3.8, 4) is 5.75 Å². The van der Waals surface area contributed by atoms with Crippen LogP contribution in [0.3, 0.4) is 0 Å². The third-order valence-corrected chi connectivity index (χ3v) is 2.90. The number of hydrogen-bond acceptors (Lipinski definition) is 3. The van der Waals surface area contributed by atoms with Gasteiger partial charge in [0.15, 0.2) is 0 Å². The predicted octanol–water partition coefficient (Wildman–Crippen LogP) is 1.22. The highest BCUT2D eigenvalue weighted by atomic mass is 35.5. The summed E-state index contributed by atoms with van der Waals surface area (Å²) in [6, 6.07) is 4.32. The molecule has 0 radical (unpaired) electrons. The summed E-state index contributed by atoms with van der Waals surface area (Å²) in [5, 5.41) is 9.65. The van der Waals surface area contributed by atoms with Crippen LogP contribution in [0.2, 0.25) is 5.02 Å². The highest BCUT2D eigenvalue weighted by Crippen LogP contribution is 2.26. The number of benzene rings is 1. The van der Waals surface area contributed by atoms with E-state index in [1.54, 1.807) is 4.90 Å². The van der Waals surface area contributed by atoms with Gasteiger partial charge in [0.05, 0.1) is 10.6 Å². The molecule has 0 bridgehead atoms. The largest absolute Gasteiger partial charge is 0.508 e. The van der Waals surface area contributed by atoms with Gasteiger partial charge in [-0.3, -0.25) is 4.79 Å². The van der Waals surface area contributed by atoms with Gasteiger partial charge < -0.3 is 15.7 Å². The minimum absolute atomic E-state index is 0.0313. The van der Waals surface area contributed by atoms with Crippen molar-refractivity contribution < 1.29 is 9.90 Å². The highest BCUT2D eigenvalue weighted by Gasteiger charge is 2.38. The van der Waals surface area contributed by atoms with Crippen LogP contribution >= 0.6 is 11.6 Å². The molecule has 2 rings (SSSR count). The van der Waals surface area contributed by atoms with Crippen LogP contribution in [0, 0.1) is 0 Å². The van der Waals surface area contributed by atoms with Gasteiger partial charge in [-0.1, -0.05) is 11.6 Å². The first-order valence-electron chi connectivity index (χ1n) is 4.96. The molecule has 5 heteroatoms. The standard InChI is InChI=1S/C11H13ClN2O2/c1-11(13)5-14(6-11)10(16)8-4-7(15)2-3-9(8)12/h2-4,15H,5-6,13H2,1H3. The molecule has 1 fully saturated rings. The second-order valence-electron chi connectivity index (χ2n) is 4.48. The minimum atomic E-state index is -0.307. The van der Waals surface area contributed by atoms with Crippen LogP contribution in [-0.4, -0.2) is 34.5 Å². The van der Waals surface area contributed by atoms with Crippen molar-refractivity contribution in [3.63, 3.8) is 0 Å². The number of phenols is 1. The molecule has 1 amide bonds. The summed E-state index contributed by atoms with van der Waals surface area (Å²) in [4.78, 5) is 13.6. The van der Waals surface area contributed by atoms with E-state index in [2.05, 4.69) is 0 Å². The van der Waals surface area contributed by atoms with Crippen molar-refractivity contribution in [1.82, 2.24) is 4.90 Å². The average molecular weight is 241 g/mol. The smallest absolute Gasteiger partial charge is 0.255 e. The zero-order chi connectivity index (χ0) is 11.9. The zero-order valence-corrected chi connectivity index (χ0v) is 9.66. The number of nitrogens with two attached hydrogens (primary N) is 1. The summed E-state index contributed by atoms with van der Waals surface area (Å²) in [5.41, 5.74) is 5.83. The van der Waals surface area contributed by atoms with Crippen LogP contribution in [0.4, 0.5) is 0 Å². The van der Waals surface area contributed by atoms with Gasteiger partial charge in [0, 0.05) is 18.6 Å². The number of likely N-dealkylation sites (tertiary alicyclic amines) is 1. The van der Waals surface area contributed by atoms with Crippen LogP contribution in [0.25, 0.3) is 0 Å². The third-order valence-electron chi connectivity index (χ3n) is 2.57. The summed E-state index contributed by atoms with van der Waals surface area (Å²) in [7, 11) is 0. The van der Waals surface area contributed by atoms with Crippen LogP contribution in [0.15, 0.2) is 18.2 Å². The summed E-state index contributed by atoms with van der Waals surface area (Å²) in [5.74, 6) is -0.160. The first kappa shape index (κ1) is 11.2. The molecule has 0 aliphatic carbocycles. The monoisotopic (exact) mass is 240 g/mol. The van der Waals surface area contributed by atoms with Crippen LogP contribution in [0.5, 0.6) is 5.75 Å². The number of carbonyl (C=O) groups is 1. The van der Waals surface area contributed by atoms with Crippen LogP contribution in [-0.2, 0) is 0 Å². The second kappa shape index (κ2) is 3.64. The molecule has 1 saturated heterocycles. The fourth-order valence-electron chi connectivity index (χ4n) is 1.82. The summed E-state index contributed by atoms with van der Waals surface area (Å²) in [6.45, 7) is 2.91. The Morgan fingerprint density at radius 2 is 2.19 bits per heavy atom. The van der Waals surface area contributed by atoms with E-state index >= 15 is 0 Å². The van der Waals surface area contributed by atoms with Crippen molar-refractivity contribution in [1.29, 1.82) is 0 Å². The predicted molar refractivity (Wildman–Crippen MR) is 61.6 cm³/mol. The van der Waals surface area contributed by atoms with E-state index < -0.39 is 0 Å². The lowest BCUT2D eigenvalue weighted by Crippen LogP contribution is -2.66. The van der Waals surface area contributed by atoms with E-state index in [1.165, 1.54) is 18.2 Å². The Hall–Kier alpha value is -1.26. The molecule has 1 aromatic rings. The number of rotatable bonds is 1. The number of hydrogen-bond donors (Lipinski definition) is 2. The summed E-state index contributed by atoms with van der Waals surface area (Å²) in [6.07, 6.45) is 0. The molecule has 0 atom stereocenters. The Labute approximate surface area is 98.6 Å². The molecule has 0 saturated carbocycles. The van der Waals surface area contributed by atoms with Gasteiger partial charge in [-0.15, -0.1) is 0 Å². The van der Waals surface area contributed by atoms with Crippen molar-refractivity contribution in [3.05, 3.63) is 28.8 Å². The number of nitrogens with zero attached hydrogens (tertiary/aromatic N) is 1. The molecule has 0 spiro atoms. The van der Waals surface area contributed by atoms with Crippen molar-refractivity contribution >= 4 is 17.5 Å². The SMILES string of the molecule is CC1(N)CN(C(=O)c2cc(O)ccc2Cl)C1. The Morgan fingerprint density at radius 1 is 1.56 bits per heavy atom. The molecule has 0 unspecified atom stereocenters. The van der Waals surface area contributed by atoms with Crippen molar-refractivity contribution in [2.45, 2.75) is 12.5 Å². The molecule has 4 nitrogen and oxygen atoms in total. The first-order chi connectivity index (χ1) is 7.39. The molecule has 1 aliphatic rings. The van der Waals surface area contributed by atoms with E-state index in [4.69, 9.17) is 17.3 Å². The Morgan fingerprint density at radius 3 is 2.75 bits per heavy atom. The molecule has 3 N–H and O–H groups in total. The first-order valence-corrected chi connectivity index (χ1v) is 5.33. The second-order valence-corrected chi connectivity index (χ2v) is 4.89. The lowest BCUT2D eigenvalue weighted by Gasteiger charge is -2.45. The summed E-state index contributed by atoms with van der Waals surface area (Å²) < 4.78 is 0. The van der Waals surface area contributed by atoms with E-state index in [-0.39, 0.29) is 17.2 Å². The maximum Gasteiger partial charge on any atom is 0.255 e. The molecule has 1 heterocycles. The Bertz CT molecular complexity index is 438. The maximum atomic E-state index is 12.0. The zero-order valence-electron chi connectivity index (χ0n) is 8.90. The molecular weight excluding hydrogens is 228 g/mol. The van der Waals surface area contributed by atoms with Crippen LogP contribution in [0.1, 0.15) is 17.3 Å². The molecule has 1 aromatic carbocycles. The van der Waals surface area contributed by atoms with E-state index in [0.29, 0.717) is 23.7 Å². The fraction of sp³-hybridized carbons (Fsp3) is 0.364. The number of amides is 1. The Balaban J connectivity index is 2.19. The molecule has 86 valence electrons. The summed E-state index contributed by atoms with van der Waals surface area (Å²) >= 11 is 5.90. The minimum Gasteiger partial charge on any atom is -0.508 e. The van der Waals surface area contributed by atoms with Gasteiger partial charge in [-0.2, -0.15) is 0 Å². The van der Waals surface area contributed by atoms with Gasteiger partial charge in [0.1, 0.15) is 5.75 Å². The normalized spacial score (nSPS) is 18.1. The van der Waals surface area contributed by atoms with Gasteiger partial charge in [0.25, 0.3) is 5.91 Å². The molecule has 1 aliphatic heterocycles. The quantitative estimate of drug-likeness (QED) is 0.776. The van der Waals surface area contributed by atoms with Gasteiger partial charge in [-0.05, 0) is 25.1 Å². The number of aromatic hydroxyl groups is 1. The number of halogens is 1. The van der Waals surface area contributed by atoms with Gasteiger partial charge in [0.2, 0.25) is 0 Å². The van der Waals surface area contributed by atoms with E-state index in [0.717, 1.165) is 0 Å². The topological polar surface area (TPSA) is 66.6 Å². The van der Waals surface area contributed by atoms with Gasteiger partial charge in [-0.25, -0.2) is 0 Å². The lowest BCUT2D eigenvalue weighted by atomic mass is 9.93. The van der Waals surface area contributed by atoms with Crippen molar-refractivity contribution in [2.24, 2.45) is 5.73 Å². The highest BCUT2D eigenvalue weighted by molar-refractivity contribution is 6.33. The number of phenolic OH excluding ortho intramolecular Hbond substituents is 1. The number of carbonyl (C=O) groups excluding carboxylic acids is 1. The molecule has 16 heavy (non-hydrogen) atoms. The molecular formula is C11H13ClN2O2. The van der Waals surface area contributed by atoms with Crippen molar-refractivity contribution in [2.75, 3.05) is 13.1 Å².